The van der Waals surface area contributed by atoms with Gasteiger partial charge in [0.05, 0.1) is 41.0 Å². The van der Waals surface area contributed by atoms with Gasteiger partial charge in [-0.05, 0) is 24.3 Å². The summed E-state index contributed by atoms with van der Waals surface area (Å²) in [6.07, 6.45) is 2.36. The highest BCUT2D eigenvalue weighted by molar-refractivity contribution is 7.91. The Hall–Kier alpha value is -2.92. The van der Waals surface area contributed by atoms with Crippen molar-refractivity contribution in [1.29, 1.82) is 0 Å². The number of nitrogens with zero attached hydrogens (tertiary/aromatic N) is 2. The molecule has 160 valence electrons. The topological polar surface area (TPSA) is 125 Å². The molecule has 3 rings (SSSR count). The third kappa shape index (κ3) is 4.17. The van der Waals surface area contributed by atoms with E-state index in [0.717, 1.165) is 6.26 Å². The quantitative estimate of drug-likeness (QED) is 0.577. The summed E-state index contributed by atoms with van der Waals surface area (Å²) in [5, 5.41) is 3.50. The Balaban J connectivity index is 2.22. The maximum atomic E-state index is 12.3. The van der Waals surface area contributed by atoms with Crippen molar-refractivity contribution >= 4 is 42.1 Å². The van der Waals surface area contributed by atoms with Crippen LogP contribution in [0.25, 0.3) is 10.9 Å². The van der Waals surface area contributed by atoms with Gasteiger partial charge in [-0.15, -0.1) is 0 Å². The van der Waals surface area contributed by atoms with Crippen LogP contribution in [0.15, 0.2) is 46.5 Å². The lowest BCUT2D eigenvalue weighted by Gasteiger charge is -2.15. The van der Waals surface area contributed by atoms with Crippen LogP contribution >= 0.6 is 0 Å². The number of methoxy groups -OCH3 is 2. The Morgan fingerprint density at radius 3 is 2.23 bits per heavy atom. The highest BCUT2D eigenvalue weighted by Gasteiger charge is 2.20. The molecule has 1 heterocycles. The van der Waals surface area contributed by atoms with E-state index >= 15 is 0 Å². The van der Waals surface area contributed by atoms with Gasteiger partial charge in [-0.1, -0.05) is 6.92 Å². The molecule has 0 atom stereocenters. The predicted octanol–water partition coefficient (Wildman–Crippen LogP) is 2.59. The normalized spacial score (nSPS) is 12.0. The standard InChI is InChI=1S/C19H21N3O6S2/c1-5-30(25,26)12-6-7-18(29(4,23)24)15(8-12)22-19-13-9-16(27-2)17(28-3)10-14(13)20-11-21-19/h6-11H,5H2,1-4H3,(H,20,21,22). The molecule has 0 aliphatic heterocycles. The fraction of sp³-hybridized carbons (Fsp3) is 0.263. The zero-order valence-electron chi connectivity index (χ0n) is 16.8. The lowest BCUT2D eigenvalue weighted by atomic mass is 10.2. The Bertz CT molecular complexity index is 1320. The minimum Gasteiger partial charge on any atom is -0.493 e. The van der Waals surface area contributed by atoms with Crippen molar-refractivity contribution in [1.82, 2.24) is 9.97 Å². The third-order valence-electron chi connectivity index (χ3n) is 4.48. The molecule has 0 radical (unpaired) electrons. The van der Waals surface area contributed by atoms with Crippen LogP contribution in [0.3, 0.4) is 0 Å². The number of anilines is 2. The zero-order chi connectivity index (χ0) is 22.1. The van der Waals surface area contributed by atoms with Crippen LogP contribution in [-0.2, 0) is 19.7 Å². The molecule has 0 saturated carbocycles. The molecule has 0 spiro atoms. The van der Waals surface area contributed by atoms with Gasteiger partial charge in [-0.2, -0.15) is 0 Å². The monoisotopic (exact) mass is 451 g/mol. The molecule has 0 aliphatic carbocycles. The van der Waals surface area contributed by atoms with E-state index in [2.05, 4.69) is 15.3 Å². The lowest BCUT2D eigenvalue weighted by Crippen LogP contribution is -2.08. The fourth-order valence-electron chi connectivity index (χ4n) is 2.90. The number of nitrogens with one attached hydrogen (secondary N) is 1. The summed E-state index contributed by atoms with van der Waals surface area (Å²) < 4.78 is 59.7. The van der Waals surface area contributed by atoms with E-state index in [0.29, 0.717) is 22.4 Å². The minimum absolute atomic E-state index is 0.0116. The van der Waals surface area contributed by atoms with Crippen LogP contribution < -0.4 is 14.8 Å². The number of hydrogen-bond acceptors (Lipinski definition) is 9. The summed E-state index contributed by atoms with van der Waals surface area (Å²) in [5.74, 6) is 1.09. The molecule has 3 aromatic rings. The first-order valence-corrected chi connectivity index (χ1v) is 12.4. The lowest BCUT2D eigenvalue weighted by molar-refractivity contribution is 0.356. The molecular formula is C19H21N3O6S2. The van der Waals surface area contributed by atoms with Crippen LogP contribution in [0.5, 0.6) is 11.5 Å². The van der Waals surface area contributed by atoms with Crippen LogP contribution in [0.1, 0.15) is 6.92 Å². The van der Waals surface area contributed by atoms with Crippen molar-refractivity contribution in [2.75, 3.05) is 31.5 Å². The van der Waals surface area contributed by atoms with Gasteiger partial charge in [0.15, 0.2) is 31.2 Å². The van der Waals surface area contributed by atoms with E-state index in [-0.39, 0.29) is 27.0 Å². The van der Waals surface area contributed by atoms with Gasteiger partial charge >= 0.3 is 0 Å². The van der Waals surface area contributed by atoms with Gasteiger partial charge in [0.2, 0.25) is 0 Å². The molecule has 9 nitrogen and oxygen atoms in total. The van der Waals surface area contributed by atoms with E-state index in [1.165, 1.54) is 45.7 Å². The van der Waals surface area contributed by atoms with Gasteiger partial charge < -0.3 is 14.8 Å². The predicted molar refractivity (Wildman–Crippen MR) is 113 cm³/mol. The molecule has 1 aromatic heterocycles. The van der Waals surface area contributed by atoms with Gasteiger partial charge in [-0.25, -0.2) is 26.8 Å². The van der Waals surface area contributed by atoms with Gasteiger partial charge in [0, 0.05) is 17.7 Å². The Morgan fingerprint density at radius 1 is 0.967 bits per heavy atom. The smallest absolute Gasteiger partial charge is 0.178 e. The number of ether oxygens (including phenoxy) is 2. The molecule has 30 heavy (non-hydrogen) atoms. The summed E-state index contributed by atoms with van der Waals surface area (Å²) in [6.45, 7) is 1.52. The van der Waals surface area contributed by atoms with Crippen molar-refractivity contribution in [3.05, 3.63) is 36.7 Å². The highest BCUT2D eigenvalue weighted by atomic mass is 32.2. The van der Waals surface area contributed by atoms with E-state index in [1.807, 2.05) is 0 Å². The second-order valence-electron chi connectivity index (χ2n) is 6.41. The number of aromatic nitrogens is 2. The van der Waals surface area contributed by atoms with E-state index < -0.39 is 19.7 Å². The number of fused-ring (bicyclic) bond motifs is 1. The zero-order valence-corrected chi connectivity index (χ0v) is 18.5. The van der Waals surface area contributed by atoms with Gasteiger partial charge in [0.25, 0.3) is 0 Å². The Labute approximate surface area is 174 Å². The van der Waals surface area contributed by atoms with E-state index in [9.17, 15) is 16.8 Å². The van der Waals surface area contributed by atoms with Crippen molar-refractivity contribution in [3.63, 3.8) is 0 Å². The SMILES string of the molecule is CCS(=O)(=O)c1ccc(S(C)(=O)=O)c(Nc2ncnc3cc(OC)c(OC)cc23)c1. The number of sulfone groups is 2. The summed E-state index contributed by atoms with van der Waals surface area (Å²) in [7, 11) is -4.20. The van der Waals surface area contributed by atoms with Crippen molar-refractivity contribution in [2.45, 2.75) is 16.7 Å². The molecule has 0 bridgehead atoms. The van der Waals surface area contributed by atoms with E-state index in [4.69, 9.17) is 9.47 Å². The largest absolute Gasteiger partial charge is 0.493 e. The van der Waals surface area contributed by atoms with Crippen molar-refractivity contribution < 1.29 is 26.3 Å². The summed E-state index contributed by atoms with van der Waals surface area (Å²) in [5.41, 5.74) is 0.630. The maximum absolute atomic E-state index is 12.3. The fourth-order valence-corrected chi connectivity index (χ4v) is 4.63. The maximum Gasteiger partial charge on any atom is 0.178 e. The number of hydrogen-bond donors (Lipinski definition) is 1. The summed E-state index contributed by atoms with van der Waals surface area (Å²) in [6, 6.07) is 7.17. The van der Waals surface area contributed by atoms with Crippen LogP contribution in [0.4, 0.5) is 11.5 Å². The van der Waals surface area contributed by atoms with Gasteiger partial charge in [-0.3, -0.25) is 0 Å². The van der Waals surface area contributed by atoms with Crippen molar-refractivity contribution in [3.8, 4) is 11.5 Å². The van der Waals surface area contributed by atoms with Crippen LogP contribution in [0.2, 0.25) is 0 Å². The number of benzene rings is 2. The molecular weight excluding hydrogens is 430 g/mol. The second-order valence-corrected chi connectivity index (χ2v) is 10.7. The molecule has 0 saturated heterocycles. The summed E-state index contributed by atoms with van der Waals surface area (Å²) >= 11 is 0. The minimum atomic E-state index is -3.64. The van der Waals surface area contributed by atoms with E-state index in [1.54, 1.807) is 12.1 Å². The van der Waals surface area contributed by atoms with Gasteiger partial charge in [0.1, 0.15) is 12.1 Å². The molecule has 1 N–H and O–H groups in total. The molecule has 2 aromatic carbocycles. The first kappa shape index (κ1) is 21.8. The molecule has 0 aliphatic rings. The average molecular weight is 452 g/mol. The first-order chi connectivity index (χ1) is 14.1. The van der Waals surface area contributed by atoms with Crippen LogP contribution in [-0.4, -0.2) is 53.0 Å². The molecule has 0 amide bonds. The average Bonchev–Trinajstić information content (AvgIpc) is 2.72. The Morgan fingerprint density at radius 2 is 1.63 bits per heavy atom. The molecule has 0 unspecified atom stereocenters. The Kier molecular flexibility index (Phi) is 5.86. The van der Waals surface area contributed by atoms with Crippen LogP contribution in [0, 0.1) is 0 Å². The third-order valence-corrected chi connectivity index (χ3v) is 7.37. The van der Waals surface area contributed by atoms with Crippen molar-refractivity contribution in [2.24, 2.45) is 0 Å². The summed E-state index contributed by atoms with van der Waals surface area (Å²) in [4.78, 5) is 8.37. The molecule has 0 fully saturated rings. The first-order valence-electron chi connectivity index (χ1n) is 8.81. The second kappa shape index (κ2) is 8.07. The highest BCUT2D eigenvalue weighted by Crippen LogP contribution is 2.35. The number of rotatable bonds is 7. The molecule has 11 heteroatoms.